The fraction of sp³-hybridized carbons (Fsp3) is 0. The number of fused-ring (bicyclic) bond motifs is 14. The van der Waals surface area contributed by atoms with Crippen molar-refractivity contribution in [2.75, 3.05) is 0 Å². The average Bonchev–Trinajstić information content (AvgIpc) is 3.95. The van der Waals surface area contributed by atoms with Crippen molar-refractivity contribution in [3.05, 3.63) is 145 Å². The molecule has 12 aromatic rings. The Morgan fingerprint density at radius 3 is 1.66 bits per heavy atom. The Balaban J connectivity index is 1.29. The fourth-order valence-corrected chi connectivity index (χ4v) is 10.7. The highest BCUT2D eigenvalue weighted by Gasteiger charge is 2.25. The molecular weight excluding hydrogens is 649 g/mol. The highest BCUT2D eigenvalue weighted by atomic mass is 32.1. The van der Waals surface area contributed by atoms with Gasteiger partial charge in [0.15, 0.2) is 0 Å². The van der Waals surface area contributed by atoms with Crippen LogP contribution >= 0.6 is 22.7 Å². The second kappa shape index (κ2) is 9.82. The molecule has 0 aliphatic heterocycles. The van der Waals surface area contributed by atoms with Crippen LogP contribution in [0.15, 0.2) is 154 Å². The van der Waals surface area contributed by atoms with Crippen LogP contribution < -0.4 is 0 Å². The zero-order valence-corrected chi connectivity index (χ0v) is 28.1. The molecule has 0 spiro atoms. The van der Waals surface area contributed by atoms with Crippen molar-refractivity contribution in [3.63, 3.8) is 0 Å². The minimum Gasteiger partial charge on any atom is -0.456 e. The highest BCUT2D eigenvalue weighted by Crippen LogP contribution is 2.52. The molecule has 0 bridgehead atoms. The molecule has 0 amide bonds. The number of hydrogen-bond donors (Lipinski definition) is 0. The van der Waals surface area contributed by atoms with E-state index in [-0.39, 0.29) is 0 Å². The summed E-state index contributed by atoms with van der Waals surface area (Å²) in [4.78, 5) is 0. The molecule has 0 unspecified atom stereocenters. The smallest absolute Gasteiger partial charge is 0.147 e. The van der Waals surface area contributed by atoms with Crippen LogP contribution in [0.2, 0.25) is 0 Å². The fourth-order valence-electron chi connectivity index (χ4n) is 8.50. The van der Waals surface area contributed by atoms with Crippen LogP contribution in [0.25, 0.3) is 118 Å². The number of thiophene rings is 2. The summed E-state index contributed by atoms with van der Waals surface area (Å²) in [5, 5.41) is 15.4. The quantitative estimate of drug-likeness (QED) is 0.171. The summed E-state index contributed by atoms with van der Waals surface area (Å²) in [5.41, 5.74) is 8.33. The Morgan fingerprint density at radius 1 is 0.400 bits per heavy atom. The van der Waals surface area contributed by atoms with Crippen LogP contribution in [0, 0.1) is 0 Å². The summed E-state index contributed by atoms with van der Waals surface area (Å²) in [7, 11) is 0. The maximum absolute atomic E-state index is 6.76. The van der Waals surface area contributed by atoms with E-state index in [1.165, 1.54) is 68.5 Å². The lowest BCUT2D eigenvalue weighted by Gasteiger charge is -2.19. The van der Waals surface area contributed by atoms with Gasteiger partial charge in [0.1, 0.15) is 22.3 Å². The average molecular weight is 673 g/mol. The van der Waals surface area contributed by atoms with E-state index in [1.807, 2.05) is 40.9 Å². The first-order valence-electron chi connectivity index (χ1n) is 16.8. The Labute approximate surface area is 293 Å². The van der Waals surface area contributed by atoms with Gasteiger partial charge in [0, 0.05) is 46.6 Å². The lowest BCUT2D eigenvalue weighted by Crippen LogP contribution is -1.92. The molecule has 4 aromatic heterocycles. The van der Waals surface area contributed by atoms with Crippen LogP contribution in [0.3, 0.4) is 0 Å². The highest BCUT2D eigenvalue weighted by molar-refractivity contribution is 7.27. The van der Waals surface area contributed by atoms with E-state index in [9.17, 15) is 0 Å². The third-order valence-corrected chi connectivity index (χ3v) is 12.7. The molecule has 8 aromatic carbocycles. The van der Waals surface area contributed by atoms with Gasteiger partial charge in [-0.25, -0.2) is 0 Å². The molecular formula is C46H24O2S2. The second-order valence-corrected chi connectivity index (χ2v) is 15.1. The van der Waals surface area contributed by atoms with Gasteiger partial charge in [-0.15, -0.1) is 22.7 Å². The van der Waals surface area contributed by atoms with Crippen molar-refractivity contribution in [2.45, 2.75) is 0 Å². The molecule has 4 heterocycles. The number of hydrogen-bond acceptors (Lipinski definition) is 4. The second-order valence-electron chi connectivity index (χ2n) is 13.1. The van der Waals surface area contributed by atoms with E-state index < -0.39 is 0 Å². The molecule has 4 heteroatoms. The Bertz CT molecular complexity index is 3330. The van der Waals surface area contributed by atoms with E-state index in [0.717, 1.165) is 49.4 Å². The summed E-state index contributed by atoms with van der Waals surface area (Å²) in [6.07, 6.45) is 0. The summed E-state index contributed by atoms with van der Waals surface area (Å²) in [6, 6.07) is 50.4. The number of furan rings is 2. The number of benzene rings is 8. The third-order valence-electron chi connectivity index (χ3n) is 10.5. The van der Waals surface area contributed by atoms with Crippen molar-refractivity contribution in [1.29, 1.82) is 0 Å². The molecule has 2 nitrogen and oxygen atoms in total. The first kappa shape index (κ1) is 26.9. The minimum atomic E-state index is 0.833. The van der Waals surface area contributed by atoms with E-state index >= 15 is 0 Å². The Kier molecular flexibility index (Phi) is 5.29. The largest absolute Gasteiger partial charge is 0.456 e. The van der Waals surface area contributed by atoms with Gasteiger partial charge >= 0.3 is 0 Å². The number of para-hydroxylation sites is 2. The van der Waals surface area contributed by atoms with E-state index in [4.69, 9.17) is 8.83 Å². The molecule has 0 saturated heterocycles. The molecule has 0 radical (unpaired) electrons. The van der Waals surface area contributed by atoms with Gasteiger partial charge in [-0.1, -0.05) is 103 Å². The Hall–Kier alpha value is -5.94. The summed E-state index contributed by atoms with van der Waals surface area (Å²) in [6.45, 7) is 0. The van der Waals surface area contributed by atoms with Crippen LogP contribution in [0.1, 0.15) is 0 Å². The van der Waals surface area contributed by atoms with Crippen molar-refractivity contribution < 1.29 is 8.83 Å². The first-order chi connectivity index (χ1) is 24.8. The lowest BCUT2D eigenvalue weighted by molar-refractivity contribution is 0.663. The van der Waals surface area contributed by atoms with Crippen LogP contribution in [-0.2, 0) is 0 Å². The van der Waals surface area contributed by atoms with Gasteiger partial charge < -0.3 is 8.83 Å². The summed E-state index contributed by atoms with van der Waals surface area (Å²) in [5.74, 6) is 0. The zero-order chi connectivity index (χ0) is 32.5. The van der Waals surface area contributed by atoms with Gasteiger partial charge in [0.05, 0.1) is 5.39 Å². The van der Waals surface area contributed by atoms with Gasteiger partial charge in [0.25, 0.3) is 0 Å². The normalized spacial score (nSPS) is 12.4. The molecule has 12 rings (SSSR count). The minimum absolute atomic E-state index is 0.833. The SMILES string of the molecule is c1ccc2c(c1)oc1c2c(-c2c3ccccc3c(-c3cc4ccsc4c4c3sc3ccccc34)c3ccccc23)cc2oc3ccccc3c21. The zero-order valence-electron chi connectivity index (χ0n) is 26.5. The van der Waals surface area contributed by atoms with Gasteiger partial charge in [-0.05, 0) is 85.4 Å². The maximum atomic E-state index is 6.76. The van der Waals surface area contributed by atoms with Crippen molar-refractivity contribution in [3.8, 4) is 22.3 Å². The Morgan fingerprint density at radius 2 is 0.960 bits per heavy atom. The van der Waals surface area contributed by atoms with Gasteiger partial charge in [-0.3, -0.25) is 0 Å². The van der Waals surface area contributed by atoms with Crippen LogP contribution in [0.5, 0.6) is 0 Å². The summed E-state index contributed by atoms with van der Waals surface area (Å²) < 4.78 is 17.4. The van der Waals surface area contributed by atoms with E-state index in [2.05, 4.69) is 127 Å². The van der Waals surface area contributed by atoms with Crippen LogP contribution in [-0.4, -0.2) is 0 Å². The van der Waals surface area contributed by atoms with Crippen molar-refractivity contribution >= 4 is 118 Å². The van der Waals surface area contributed by atoms with E-state index in [1.54, 1.807) is 0 Å². The number of rotatable bonds is 2. The van der Waals surface area contributed by atoms with Crippen molar-refractivity contribution in [2.24, 2.45) is 0 Å². The maximum Gasteiger partial charge on any atom is 0.147 e. The predicted molar refractivity (Wildman–Crippen MR) is 215 cm³/mol. The molecule has 0 aliphatic carbocycles. The molecule has 0 N–H and O–H groups in total. The van der Waals surface area contributed by atoms with Gasteiger partial charge in [-0.2, -0.15) is 0 Å². The molecule has 50 heavy (non-hydrogen) atoms. The monoisotopic (exact) mass is 672 g/mol. The topological polar surface area (TPSA) is 26.3 Å². The third kappa shape index (κ3) is 3.46. The van der Waals surface area contributed by atoms with Crippen LogP contribution in [0.4, 0.5) is 0 Å². The lowest BCUT2D eigenvalue weighted by atomic mass is 9.84. The standard InChI is InChI=1S/C46H24O2S2/c1-3-13-28-26(11-1)39(33-24-37-42(31-16-6-8-18-35(31)47-37)44-41(33)30-15-5-9-19-36(30)48-44)27-12-2-4-14-29(27)40(28)34-23-25-21-22-49-45(25)43-32-17-7-10-20-38(32)50-46(34)43/h1-24H. The van der Waals surface area contributed by atoms with Crippen molar-refractivity contribution in [1.82, 2.24) is 0 Å². The molecule has 0 saturated carbocycles. The molecule has 0 aliphatic rings. The van der Waals surface area contributed by atoms with E-state index in [0.29, 0.717) is 0 Å². The first-order valence-corrected chi connectivity index (χ1v) is 18.5. The predicted octanol–water partition coefficient (Wildman–Crippen LogP) is 14.7. The molecule has 232 valence electrons. The molecule has 0 atom stereocenters. The van der Waals surface area contributed by atoms with Gasteiger partial charge in [0.2, 0.25) is 0 Å². The summed E-state index contributed by atoms with van der Waals surface area (Å²) >= 11 is 3.75. The molecule has 0 fully saturated rings.